The quantitative estimate of drug-likeness (QED) is 0.753. The van der Waals surface area contributed by atoms with Crippen LogP contribution in [0.1, 0.15) is 39.2 Å². The summed E-state index contributed by atoms with van der Waals surface area (Å²) in [5.41, 5.74) is 7.55. The van der Waals surface area contributed by atoms with E-state index in [9.17, 15) is 9.59 Å². The average Bonchev–Trinajstić information content (AvgIpc) is 2.44. The molecule has 1 rings (SSSR count). The topological polar surface area (TPSA) is 84.2 Å². The molecule has 0 aliphatic carbocycles. The summed E-state index contributed by atoms with van der Waals surface area (Å²) < 4.78 is 0. The van der Waals surface area contributed by atoms with Gasteiger partial charge in [-0.3, -0.25) is 9.59 Å². The van der Waals surface area contributed by atoms with Gasteiger partial charge in [0.1, 0.15) is 0 Å². The van der Waals surface area contributed by atoms with Gasteiger partial charge in [0.05, 0.1) is 5.41 Å². The summed E-state index contributed by atoms with van der Waals surface area (Å²) in [4.78, 5) is 23.6. The first-order chi connectivity index (χ1) is 9.88. The summed E-state index contributed by atoms with van der Waals surface area (Å²) >= 11 is 0. The van der Waals surface area contributed by atoms with Gasteiger partial charge in [-0.15, -0.1) is 0 Å². The Balaban J connectivity index is 2.97. The molecule has 0 bridgehead atoms. The van der Waals surface area contributed by atoms with E-state index in [2.05, 4.69) is 10.6 Å². The van der Waals surface area contributed by atoms with Gasteiger partial charge in [-0.05, 0) is 37.5 Å². The van der Waals surface area contributed by atoms with Gasteiger partial charge >= 0.3 is 0 Å². The van der Waals surface area contributed by atoms with Crippen LogP contribution in [0, 0.1) is 12.3 Å². The van der Waals surface area contributed by atoms with Crippen molar-refractivity contribution < 1.29 is 9.59 Å². The van der Waals surface area contributed by atoms with Crippen LogP contribution in [-0.2, 0) is 9.59 Å². The molecule has 0 saturated carbocycles. The molecule has 1 aromatic rings. The van der Waals surface area contributed by atoms with Crippen molar-refractivity contribution in [2.75, 3.05) is 17.2 Å². The molecule has 116 valence electrons. The molecule has 0 heterocycles. The predicted octanol–water partition coefficient (Wildman–Crippen LogP) is 2.66. The SMILES string of the molecule is CCC(CC)(CN)C(=O)Nc1ccc(C)c(NC(C)=O)c1. The molecule has 21 heavy (non-hydrogen) atoms. The fourth-order valence-corrected chi connectivity index (χ4v) is 2.24. The van der Waals surface area contributed by atoms with Crippen molar-refractivity contribution in [1.82, 2.24) is 0 Å². The van der Waals surface area contributed by atoms with E-state index in [0.29, 0.717) is 30.8 Å². The highest BCUT2D eigenvalue weighted by Crippen LogP contribution is 2.28. The largest absolute Gasteiger partial charge is 0.329 e. The molecule has 0 fully saturated rings. The number of benzene rings is 1. The normalized spacial score (nSPS) is 11.1. The van der Waals surface area contributed by atoms with Crippen molar-refractivity contribution >= 4 is 23.2 Å². The molecule has 0 spiro atoms. The molecule has 0 aromatic heterocycles. The maximum absolute atomic E-state index is 12.5. The van der Waals surface area contributed by atoms with Crippen LogP contribution in [0.25, 0.3) is 0 Å². The highest BCUT2D eigenvalue weighted by molar-refractivity contribution is 5.97. The van der Waals surface area contributed by atoms with Gasteiger partial charge in [0.25, 0.3) is 0 Å². The molecule has 0 aliphatic rings. The van der Waals surface area contributed by atoms with Gasteiger partial charge < -0.3 is 16.4 Å². The molecule has 0 unspecified atom stereocenters. The molecule has 2 amide bonds. The molecule has 4 N–H and O–H groups in total. The third-order valence-corrected chi connectivity index (χ3v) is 4.03. The number of nitrogens with one attached hydrogen (secondary N) is 2. The predicted molar refractivity (Wildman–Crippen MR) is 86.2 cm³/mol. The molecule has 0 saturated heterocycles. The number of anilines is 2. The van der Waals surface area contributed by atoms with Crippen LogP contribution in [0.4, 0.5) is 11.4 Å². The van der Waals surface area contributed by atoms with Crippen LogP contribution < -0.4 is 16.4 Å². The van der Waals surface area contributed by atoms with E-state index in [4.69, 9.17) is 5.73 Å². The summed E-state index contributed by atoms with van der Waals surface area (Å²) in [5.74, 6) is -0.215. The molecule has 0 aliphatic heterocycles. The summed E-state index contributed by atoms with van der Waals surface area (Å²) in [7, 11) is 0. The van der Waals surface area contributed by atoms with Gasteiger partial charge in [-0.1, -0.05) is 19.9 Å². The average molecular weight is 291 g/mol. The Morgan fingerprint density at radius 2 is 1.81 bits per heavy atom. The zero-order valence-electron chi connectivity index (χ0n) is 13.2. The first kappa shape index (κ1) is 17.2. The number of hydrogen-bond acceptors (Lipinski definition) is 3. The number of carbonyl (C=O) groups excluding carboxylic acids is 2. The Bertz CT molecular complexity index is 514. The number of nitrogens with two attached hydrogens (primary N) is 1. The van der Waals surface area contributed by atoms with Crippen molar-refractivity contribution in [1.29, 1.82) is 0 Å². The lowest BCUT2D eigenvalue weighted by Crippen LogP contribution is -2.41. The third kappa shape index (κ3) is 4.04. The van der Waals surface area contributed by atoms with E-state index in [0.717, 1.165) is 5.56 Å². The van der Waals surface area contributed by atoms with Crippen LogP contribution in [0.2, 0.25) is 0 Å². The van der Waals surface area contributed by atoms with Gasteiger partial charge in [0.2, 0.25) is 11.8 Å². The maximum Gasteiger partial charge on any atom is 0.231 e. The van der Waals surface area contributed by atoms with Crippen molar-refractivity contribution in [2.45, 2.75) is 40.5 Å². The molecule has 0 atom stereocenters. The fourth-order valence-electron chi connectivity index (χ4n) is 2.24. The fraction of sp³-hybridized carbons (Fsp3) is 0.500. The van der Waals surface area contributed by atoms with E-state index in [1.807, 2.05) is 32.9 Å². The van der Waals surface area contributed by atoms with Gasteiger partial charge in [-0.25, -0.2) is 0 Å². The minimum Gasteiger partial charge on any atom is -0.329 e. The summed E-state index contributed by atoms with van der Waals surface area (Å²) in [5, 5.41) is 5.66. The molecule has 0 radical (unpaired) electrons. The van der Waals surface area contributed by atoms with Gasteiger partial charge in [-0.2, -0.15) is 0 Å². The lowest BCUT2D eigenvalue weighted by Gasteiger charge is -2.28. The summed E-state index contributed by atoms with van der Waals surface area (Å²) in [6, 6.07) is 5.45. The Labute approximate surface area is 126 Å². The molecular formula is C16H25N3O2. The van der Waals surface area contributed by atoms with E-state index >= 15 is 0 Å². The number of carbonyl (C=O) groups is 2. The van der Waals surface area contributed by atoms with Crippen molar-refractivity contribution in [3.8, 4) is 0 Å². The van der Waals surface area contributed by atoms with Crippen molar-refractivity contribution in [3.05, 3.63) is 23.8 Å². The van der Waals surface area contributed by atoms with Crippen molar-refractivity contribution in [3.63, 3.8) is 0 Å². The highest BCUT2D eigenvalue weighted by atomic mass is 16.2. The zero-order valence-corrected chi connectivity index (χ0v) is 13.2. The number of aryl methyl sites for hydroxylation is 1. The monoisotopic (exact) mass is 291 g/mol. The molecule has 5 nitrogen and oxygen atoms in total. The highest BCUT2D eigenvalue weighted by Gasteiger charge is 2.33. The first-order valence-corrected chi connectivity index (χ1v) is 7.28. The second-order valence-electron chi connectivity index (χ2n) is 5.36. The number of rotatable bonds is 6. The number of hydrogen-bond donors (Lipinski definition) is 3. The smallest absolute Gasteiger partial charge is 0.231 e. The van der Waals surface area contributed by atoms with Crippen LogP contribution >= 0.6 is 0 Å². The maximum atomic E-state index is 12.5. The van der Waals surface area contributed by atoms with E-state index in [1.165, 1.54) is 6.92 Å². The van der Waals surface area contributed by atoms with Crippen LogP contribution in [0.15, 0.2) is 18.2 Å². The minimum absolute atomic E-state index is 0.0763. The first-order valence-electron chi connectivity index (χ1n) is 7.28. The summed E-state index contributed by atoms with van der Waals surface area (Å²) in [6.45, 7) is 7.61. The molecule has 1 aromatic carbocycles. The Morgan fingerprint density at radius 1 is 1.19 bits per heavy atom. The van der Waals surface area contributed by atoms with Gasteiger partial charge in [0.15, 0.2) is 0 Å². The third-order valence-electron chi connectivity index (χ3n) is 4.03. The van der Waals surface area contributed by atoms with Crippen LogP contribution in [0.3, 0.4) is 0 Å². The number of amides is 2. The molecular weight excluding hydrogens is 266 g/mol. The Kier molecular flexibility index (Phi) is 5.90. The Hall–Kier alpha value is -1.88. The van der Waals surface area contributed by atoms with Crippen LogP contribution in [-0.4, -0.2) is 18.4 Å². The van der Waals surface area contributed by atoms with E-state index in [-0.39, 0.29) is 11.8 Å². The summed E-state index contributed by atoms with van der Waals surface area (Å²) in [6.07, 6.45) is 1.38. The van der Waals surface area contributed by atoms with E-state index in [1.54, 1.807) is 6.07 Å². The standard InChI is InChI=1S/C16H25N3O2/c1-5-16(6-2,10-17)15(21)19-13-8-7-11(3)14(9-13)18-12(4)20/h7-9H,5-6,10,17H2,1-4H3,(H,18,20)(H,19,21). The lowest BCUT2D eigenvalue weighted by molar-refractivity contribution is -0.125. The lowest BCUT2D eigenvalue weighted by atomic mass is 9.81. The zero-order chi connectivity index (χ0) is 16.0. The van der Waals surface area contributed by atoms with Gasteiger partial charge in [0, 0.05) is 24.8 Å². The minimum atomic E-state index is -0.543. The van der Waals surface area contributed by atoms with Crippen LogP contribution in [0.5, 0.6) is 0 Å². The second kappa shape index (κ2) is 7.22. The van der Waals surface area contributed by atoms with E-state index < -0.39 is 5.41 Å². The van der Waals surface area contributed by atoms with Crippen molar-refractivity contribution in [2.24, 2.45) is 11.1 Å². The Morgan fingerprint density at radius 3 is 2.29 bits per heavy atom. The second-order valence-corrected chi connectivity index (χ2v) is 5.36. The molecule has 5 heteroatoms.